The van der Waals surface area contributed by atoms with Crippen molar-refractivity contribution in [2.45, 2.75) is 51.3 Å². The zero-order valence-electron chi connectivity index (χ0n) is 11.0. The molecule has 1 aromatic heterocycles. The predicted octanol–water partition coefficient (Wildman–Crippen LogP) is 2.42. The summed E-state index contributed by atoms with van der Waals surface area (Å²) in [5.41, 5.74) is 1.03. The van der Waals surface area contributed by atoms with Crippen LogP contribution >= 0.6 is 0 Å². The van der Waals surface area contributed by atoms with Crippen LogP contribution in [0, 0.1) is 0 Å². The van der Waals surface area contributed by atoms with Crippen molar-refractivity contribution in [2.24, 2.45) is 0 Å². The number of rotatable bonds is 4. The Balaban J connectivity index is 1.90. The number of hydrogen-bond acceptors (Lipinski definition) is 2. The first-order valence-electron chi connectivity index (χ1n) is 6.72. The van der Waals surface area contributed by atoms with Crippen LogP contribution in [0.4, 0.5) is 0 Å². The smallest absolute Gasteiger partial charge is 0.0911 e. The second-order valence-corrected chi connectivity index (χ2v) is 5.22. The summed E-state index contributed by atoms with van der Waals surface area (Å²) in [5, 5.41) is 9.65. The molecule has 0 radical (unpaired) electrons. The molecular formula is C14H24N2O. The Hall–Kier alpha value is -0.800. The van der Waals surface area contributed by atoms with Crippen LogP contribution in [0.25, 0.3) is 0 Å². The SMILES string of the molecule is CC(O)c1cccn1CCC1CCCCN1C. The zero-order chi connectivity index (χ0) is 12.3. The molecule has 96 valence electrons. The van der Waals surface area contributed by atoms with Crippen LogP contribution < -0.4 is 0 Å². The maximum absolute atomic E-state index is 9.65. The lowest BCUT2D eigenvalue weighted by Gasteiger charge is -2.32. The van der Waals surface area contributed by atoms with E-state index in [1.54, 1.807) is 0 Å². The number of aromatic nitrogens is 1. The number of aliphatic hydroxyl groups excluding tert-OH is 1. The van der Waals surface area contributed by atoms with Crippen LogP contribution in [0.2, 0.25) is 0 Å². The lowest BCUT2D eigenvalue weighted by Crippen LogP contribution is -2.36. The molecule has 1 saturated heterocycles. The summed E-state index contributed by atoms with van der Waals surface area (Å²) in [6.45, 7) is 4.08. The van der Waals surface area contributed by atoms with Crippen molar-refractivity contribution in [1.29, 1.82) is 0 Å². The molecule has 1 fully saturated rings. The molecular weight excluding hydrogens is 212 g/mol. The first kappa shape index (κ1) is 12.7. The monoisotopic (exact) mass is 236 g/mol. The summed E-state index contributed by atoms with van der Waals surface area (Å²) in [6.07, 6.45) is 6.92. The topological polar surface area (TPSA) is 28.4 Å². The van der Waals surface area contributed by atoms with Gasteiger partial charge in [0.15, 0.2) is 0 Å². The van der Waals surface area contributed by atoms with Crippen molar-refractivity contribution in [1.82, 2.24) is 9.47 Å². The van der Waals surface area contributed by atoms with E-state index in [0.717, 1.165) is 12.2 Å². The van der Waals surface area contributed by atoms with Crippen molar-refractivity contribution in [3.63, 3.8) is 0 Å². The first-order chi connectivity index (χ1) is 8.18. The van der Waals surface area contributed by atoms with Gasteiger partial charge in [0.1, 0.15) is 0 Å². The molecule has 0 spiro atoms. The molecule has 0 aliphatic carbocycles. The summed E-state index contributed by atoms with van der Waals surface area (Å²) < 4.78 is 2.19. The average Bonchev–Trinajstić information content (AvgIpc) is 2.76. The van der Waals surface area contributed by atoms with E-state index in [-0.39, 0.29) is 6.10 Å². The maximum atomic E-state index is 9.65. The van der Waals surface area contributed by atoms with Gasteiger partial charge in [-0.15, -0.1) is 0 Å². The summed E-state index contributed by atoms with van der Waals surface area (Å²) in [6, 6.07) is 4.75. The Morgan fingerprint density at radius 2 is 2.29 bits per heavy atom. The van der Waals surface area contributed by atoms with E-state index < -0.39 is 0 Å². The Morgan fingerprint density at radius 3 is 3.00 bits per heavy atom. The highest BCUT2D eigenvalue weighted by Crippen LogP contribution is 2.20. The maximum Gasteiger partial charge on any atom is 0.0911 e. The van der Waals surface area contributed by atoms with Gasteiger partial charge in [0.25, 0.3) is 0 Å². The summed E-state index contributed by atoms with van der Waals surface area (Å²) >= 11 is 0. The third-order valence-corrected chi connectivity index (χ3v) is 3.92. The summed E-state index contributed by atoms with van der Waals surface area (Å²) in [4.78, 5) is 2.48. The van der Waals surface area contributed by atoms with Crippen molar-refractivity contribution in [3.8, 4) is 0 Å². The molecule has 3 heteroatoms. The Labute approximate surface area is 104 Å². The van der Waals surface area contributed by atoms with Crippen LogP contribution in [0.5, 0.6) is 0 Å². The lowest BCUT2D eigenvalue weighted by molar-refractivity contribution is 0.165. The third kappa shape index (κ3) is 3.11. The van der Waals surface area contributed by atoms with Gasteiger partial charge in [-0.25, -0.2) is 0 Å². The minimum atomic E-state index is -0.367. The molecule has 0 amide bonds. The standard InChI is InChI=1S/C14H24N2O/c1-12(17)14-7-5-10-16(14)11-8-13-6-3-4-9-15(13)2/h5,7,10,12-13,17H,3-4,6,8-9,11H2,1-2H3. The highest BCUT2D eigenvalue weighted by Gasteiger charge is 2.18. The van der Waals surface area contributed by atoms with E-state index in [0.29, 0.717) is 6.04 Å². The van der Waals surface area contributed by atoms with Gasteiger partial charge in [0.2, 0.25) is 0 Å². The van der Waals surface area contributed by atoms with Gasteiger partial charge < -0.3 is 14.6 Å². The number of aliphatic hydroxyl groups is 1. The second kappa shape index (κ2) is 5.69. The van der Waals surface area contributed by atoms with Crippen molar-refractivity contribution in [2.75, 3.05) is 13.6 Å². The van der Waals surface area contributed by atoms with E-state index in [9.17, 15) is 5.11 Å². The molecule has 1 aliphatic rings. The van der Waals surface area contributed by atoms with Crippen molar-refractivity contribution < 1.29 is 5.11 Å². The van der Waals surface area contributed by atoms with Crippen molar-refractivity contribution >= 4 is 0 Å². The molecule has 2 atom stereocenters. The molecule has 0 aromatic carbocycles. The fraction of sp³-hybridized carbons (Fsp3) is 0.714. The van der Waals surface area contributed by atoms with E-state index in [2.05, 4.69) is 22.7 Å². The van der Waals surface area contributed by atoms with Gasteiger partial charge in [-0.2, -0.15) is 0 Å². The molecule has 1 N–H and O–H groups in total. The van der Waals surface area contributed by atoms with Gasteiger partial charge in [-0.05, 0) is 51.9 Å². The molecule has 0 saturated carbocycles. The normalized spacial score (nSPS) is 23.8. The summed E-state index contributed by atoms with van der Waals surface area (Å²) in [5.74, 6) is 0. The fourth-order valence-corrected chi connectivity index (χ4v) is 2.81. The third-order valence-electron chi connectivity index (χ3n) is 3.92. The van der Waals surface area contributed by atoms with Crippen LogP contribution in [0.1, 0.15) is 44.4 Å². The summed E-state index contributed by atoms with van der Waals surface area (Å²) in [7, 11) is 2.23. The first-order valence-corrected chi connectivity index (χ1v) is 6.72. The Kier molecular flexibility index (Phi) is 4.24. The van der Waals surface area contributed by atoms with Gasteiger partial charge in [0, 0.05) is 24.5 Å². The molecule has 2 rings (SSSR count). The predicted molar refractivity (Wildman–Crippen MR) is 70.0 cm³/mol. The Bertz CT molecular complexity index is 346. The molecule has 2 heterocycles. The number of hydrogen-bond donors (Lipinski definition) is 1. The van der Waals surface area contributed by atoms with E-state index in [1.807, 2.05) is 19.1 Å². The molecule has 2 unspecified atom stereocenters. The molecule has 0 bridgehead atoms. The van der Waals surface area contributed by atoms with Gasteiger partial charge in [-0.1, -0.05) is 6.42 Å². The fourth-order valence-electron chi connectivity index (χ4n) is 2.81. The van der Waals surface area contributed by atoms with Gasteiger partial charge >= 0.3 is 0 Å². The number of piperidine rings is 1. The van der Waals surface area contributed by atoms with Crippen LogP contribution in [-0.2, 0) is 6.54 Å². The van der Waals surface area contributed by atoms with E-state index >= 15 is 0 Å². The minimum Gasteiger partial charge on any atom is -0.387 e. The number of nitrogens with zero attached hydrogens (tertiary/aromatic N) is 2. The van der Waals surface area contributed by atoms with E-state index in [4.69, 9.17) is 0 Å². The van der Waals surface area contributed by atoms with Crippen LogP contribution in [0.3, 0.4) is 0 Å². The highest BCUT2D eigenvalue weighted by molar-refractivity contribution is 5.09. The van der Waals surface area contributed by atoms with Crippen LogP contribution in [0.15, 0.2) is 18.3 Å². The average molecular weight is 236 g/mol. The second-order valence-electron chi connectivity index (χ2n) is 5.22. The number of likely N-dealkylation sites (tertiary alicyclic amines) is 1. The molecule has 3 nitrogen and oxygen atoms in total. The van der Waals surface area contributed by atoms with Gasteiger partial charge in [0.05, 0.1) is 6.10 Å². The number of aryl methyl sites for hydroxylation is 1. The largest absolute Gasteiger partial charge is 0.387 e. The van der Waals surface area contributed by atoms with Gasteiger partial charge in [-0.3, -0.25) is 0 Å². The molecule has 1 aliphatic heterocycles. The lowest BCUT2D eigenvalue weighted by atomic mass is 10.00. The van der Waals surface area contributed by atoms with Crippen LogP contribution in [-0.4, -0.2) is 34.2 Å². The zero-order valence-corrected chi connectivity index (χ0v) is 11.0. The van der Waals surface area contributed by atoms with Crippen molar-refractivity contribution in [3.05, 3.63) is 24.0 Å². The highest BCUT2D eigenvalue weighted by atomic mass is 16.3. The Morgan fingerprint density at radius 1 is 1.47 bits per heavy atom. The quantitative estimate of drug-likeness (QED) is 0.869. The minimum absolute atomic E-state index is 0.367. The molecule has 17 heavy (non-hydrogen) atoms. The molecule has 1 aromatic rings. The van der Waals surface area contributed by atoms with E-state index in [1.165, 1.54) is 32.2 Å².